The monoisotopic (exact) mass is 319 g/mol. The first-order chi connectivity index (χ1) is 10.1. The highest BCUT2D eigenvalue weighted by molar-refractivity contribution is 7.13. The molecule has 0 fully saturated rings. The Hall–Kier alpha value is -1.98. The number of aryl methyl sites for hydroxylation is 1. The van der Waals surface area contributed by atoms with Gasteiger partial charge in [0, 0.05) is 29.1 Å². The summed E-state index contributed by atoms with van der Waals surface area (Å²) >= 11 is 7.88. The van der Waals surface area contributed by atoms with E-state index < -0.39 is 0 Å². The molecular formula is C15H14ClN3OS. The SMILES string of the molecule is COc1csc(-c2nn(C)c(N)c2-c2ccccc2Cl)c1. The summed E-state index contributed by atoms with van der Waals surface area (Å²) in [6.45, 7) is 0. The molecular weight excluding hydrogens is 306 g/mol. The number of methoxy groups -OCH3 is 1. The van der Waals surface area contributed by atoms with E-state index in [2.05, 4.69) is 5.10 Å². The molecule has 4 nitrogen and oxygen atoms in total. The molecule has 2 N–H and O–H groups in total. The molecule has 3 rings (SSSR count). The van der Waals surface area contributed by atoms with Crippen LogP contribution in [0.5, 0.6) is 5.75 Å². The number of nitrogens with two attached hydrogens (primary N) is 1. The van der Waals surface area contributed by atoms with E-state index in [1.807, 2.05) is 42.8 Å². The van der Waals surface area contributed by atoms with E-state index in [9.17, 15) is 0 Å². The number of hydrogen-bond donors (Lipinski definition) is 1. The maximum Gasteiger partial charge on any atom is 0.130 e. The second kappa shape index (κ2) is 5.42. The van der Waals surface area contributed by atoms with Gasteiger partial charge in [-0.25, -0.2) is 0 Å². The van der Waals surface area contributed by atoms with Gasteiger partial charge in [-0.15, -0.1) is 11.3 Å². The first-order valence-electron chi connectivity index (χ1n) is 6.32. The third-order valence-corrected chi connectivity index (χ3v) is 4.52. The van der Waals surface area contributed by atoms with Gasteiger partial charge in [-0.2, -0.15) is 5.10 Å². The average molecular weight is 320 g/mol. The minimum atomic E-state index is 0.588. The number of aromatic nitrogens is 2. The van der Waals surface area contributed by atoms with Crippen LogP contribution in [-0.2, 0) is 7.05 Å². The van der Waals surface area contributed by atoms with Gasteiger partial charge in [0.05, 0.1) is 17.6 Å². The molecule has 0 aliphatic carbocycles. The second-order valence-corrected chi connectivity index (χ2v) is 5.88. The maximum atomic E-state index is 6.32. The number of anilines is 1. The number of rotatable bonds is 3. The Kier molecular flexibility index (Phi) is 3.61. The first-order valence-corrected chi connectivity index (χ1v) is 7.58. The van der Waals surface area contributed by atoms with Gasteiger partial charge in [-0.1, -0.05) is 29.8 Å². The van der Waals surface area contributed by atoms with E-state index in [0.29, 0.717) is 10.8 Å². The van der Waals surface area contributed by atoms with Crippen LogP contribution in [0.2, 0.25) is 5.02 Å². The van der Waals surface area contributed by atoms with Crippen molar-refractivity contribution < 1.29 is 4.74 Å². The van der Waals surface area contributed by atoms with E-state index in [-0.39, 0.29) is 0 Å². The van der Waals surface area contributed by atoms with Crippen molar-refractivity contribution in [1.82, 2.24) is 9.78 Å². The summed E-state index contributed by atoms with van der Waals surface area (Å²) in [5, 5.41) is 7.13. The highest BCUT2D eigenvalue weighted by Crippen LogP contribution is 2.42. The minimum absolute atomic E-state index is 0.588. The summed E-state index contributed by atoms with van der Waals surface area (Å²) in [5.74, 6) is 1.40. The lowest BCUT2D eigenvalue weighted by atomic mass is 10.0. The molecule has 1 aromatic carbocycles. The zero-order valence-electron chi connectivity index (χ0n) is 11.6. The van der Waals surface area contributed by atoms with Crippen LogP contribution in [0.15, 0.2) is 35.7 Å². The predicted molar refractivity (Wildman–Crippen MR) is 87.9 cm³/mol. The Labute approximate surface area is 131 Å². The molecule has 108 valence electrons. The smallest absolute Gasteiger partial charge is 0.130 e. The van der Waals surface area contributed by atoms with Gasteiger partial charge in [-0.05, 0) is 6.07 Å². The fraction of sp³-hybridized carbons (Fsp3) is 0.133. The molecule has 0 atom stereocenters. The van der Waals surface area contributed by atoms with Crippen LogP contribution in [0.4, 0.5) is 5.82 Å². The van der Waals surface area contributed by atoms with Crippen molar-refractivity contribution >= 4 is 28.8 Å². The van der Waals surface area contributed by atoms with Crippen LogP contribution in [0.25, 0.3) is 21.7 Å². The molecule has 21 heavy (non-hydrogen) atoms. The third kappa shape index (κ3) is 2.39. The van der Waals surface area contributed by atoms with E-state index in [4.69, 9.17) is 22.1 Å². The average Bonchev–Trinajstić information content (AvgIpc) is 3.06. The maximum absolute atomic E-state index is 6.32. The molecule has 0 aliphatic rings. The quantitative estimate of drug-likeness (QED) is 0.792. The molecule has 0 saturated heterocycles. The van der Waals surface area contributed by atoms with Gasteiger partial charge in [-0.3, -0.25) is 4.68 Å². The van der Waals surface area contributed by atoms with Crippen molar-refractivity contribution in [2.75, 3.05) is 12.8 Å². The fourth-order valence-corrected chi connectivity index (χ4v) is 3.27. The summed E-state index contributed by atoms with van der Waals surface area (Å²) in [5.41, 5.74) is 8.75. The largest absolute Gasteiger partial charge is 0.496 e. The van der Waals surface area contributed by atoms with Crippen LogP contribution >= 0.6 is 22.9 Å². The number of thiophene rings is 1. The molecule has 2 heterocycles. The van der Waals surface area contributed by atoms with Gasteiger partial charge in [0.25, 0.3) is 0 Å². The Balaban J connectivity index is 2.23. The summed E-state index contributed by atoms with van der Waals surface area (Å²) in [7, 11) is 3.47. The lowest BCUT2D eigenvalue weighted by Crippen LogP contribution is -1.98. The number of hydrogen-bond acceptors (Lipinski definition) is 4. The Morgan fingerprint density at radius 3 is 2.76 bits per heavy atom. The topological polar surface area (TPSA) is 53.1 Å². The van der Waals surface area contributed by atoms with Gasteiger partial charge < -0.3 is 10.5 Å². The molecule has 0 radical (unpaired) electrons. The van der Waals surface area contributed by atoms with Gasteiger partial charge in [0.2, 0.25) is 0 Å². The molecule has 2 aromatic heterocycles. The zero-order chi connectivity index (χ0) is 15.0. The van der Waals surface area contributed by atoms with Crippen molar-refractivity contribution in [1.29, 1.82) is 0 Å². The van der Waals surface area contributed by atoms with Crippen LogP contribution in [0, 0.1) is 0 Å². The zero-order valence-corrected chi connectivity index (χ0v) is 13.2. The van der Waals surface area contributed by atoms with Crippen LogP contribution < -0.4 is 10.5 Å². The summed E-state index contributed by atoms with van der Waals surface area (Å²) in [6, 6.07) is 9.58. The lowest BCUT2D eigenvalue weighted by Gasteiger charge is -2.05. The summed E-state index contributed by atoms with van der Waals surface area (Å²) in [4.78, 5) is 0.995. The highest BCUT2D eigenvalue weighted by Gasteiger charge is 2.20. The van der Waals surface area contributed by atoms with E-state index in [0.717, 1.165) is 27.4 Å². The molecule has 0 spiro atoms. The molecule has 0 unspecified atom stereocenters. The standard InChI is InChI=1S/C15H14ClN3OS/c1-19-15(17)13(10-5-3-4-6-11(10)16)14(18-19)12-7-9(20-2)8-21-12/h3-8H,17H2,1-2H3. The van der Waals surface area contributed by atoms with E-state index in [1.54, 1.807) is 23.1 Å². The fourth-order valence-electron chi connectivity index (χ4n) is 2.19. The van der Waals surface area contributed by atoms with Gasteiger partial charge in [0.1, 0.15) is 17.3 Å². The Morgan fingerprint density at radius 1 is 1.33 bits per heavy atom. The Morgan fingerprint density at radius 2 is 2.10 bits per heavy atom. The minimum Gasteiger partial charge on any atom is -0.496 e. The van der Waals surface area contributed by atoms with Crippen molar-refractivity contribution in [2.24, 2.45) is 7.05 Å². The number of nitrogens with zero attached hydrogens (tertiary/aromatic N) is 2. The van der Waals surface area contributed by atoms with Crippen LogP contribution in [0.3, 0.4) is 0 Å². The number of benzene rings is 1. The molecule has 0 aliphatic heterocycles. The molecule has 6 heteroatoms. The number of ether oxygens (including phenoxy) is 1. The second-order valence-electron chi connectivity index (χ2n) is 4.56. The normalized spacial score (nSPS) is 10.8. The summed E-state index contributed by atoms with van der Waals surface area (Å²) < 4.78 is 6.91. The Bertz CT molecular complexity index is 794. The van der Waals surface area contributed by atoms with Crippen LogP contribution in [-0.4, -0.2) is 16.9 Å². The van der Waals surface area contributed by atoms with E-state index >= 15 is 0 Å². The molecule has 0 saturated carbocycles. The van der Waals surface area contributed by atoms with E-state index in [1.165, 1.54) is 0 Å². The summed E-state index contributed by atoms with van der Waals surface area (Å²) in [6.07, 6.45) is 0. The van der Waals surface area contributed by atoms with Crippen molar-refractivity contribution in [2.45, 2.75) is 0 Å². The predicted octanol–water partition coefficient (Wildman–Crippen LogP) is 4.06. The number of halogens is 1. The van der Waals surface area contributed by atoms with Crippen molar-refractivity contribution in [3.63, 3.8) is 0 Å². The highest BCUT2D eigenvalue weighted by atomic mass is 35.5. The molecule has 3 aromatic rings. The number of nitrogen functional groups attached to an aromatic ring is 1. The molecule has 0 bridgehead atoms. The van der Waals surface area contributed by atoms with Crippen molar-refractivity contribution in [3.05, 3.63) is 40.7 Å². The third-order valence-electron chi connectivity index (χ3n) is 3.28. The molecule has 0 amide bonds. The lowest BCUT2D eigenvalue weighted by molar-refractivity contribution is 0.417. The van der Waals surface area contributed by atoms with Crippen LogP contribution in [0.1, 0.15) is 0 Å². The van der Waals surface area contributed by atoms with Gasteiger partial charge in [0.15, 0.2) is 0 Å². The van der Waals surface area contributed by atoms with Crippen molar-refractivity contribution in [3.8, 4) is 27.4 Å². The first kappa shape index (κ1) is 14.0. The van der Waals surface area contributed by atoms with Gasteiger partial charge >= 0.3 is 0 Å².